The average molecular weight is 549 g/mol. The second-order valence-electron chi connectivity index (χ2n) is 8.01. The normalized spacial score (nSPS) is 13.1. The maximum absolute atomic E-state index is 13.5. The highest BCUT2D eigenvalue weighted by atomic mass is 35.5. The fraction of sp³-hybridized carbons (Fsp3) is 0.391. The number of nitrogens with one attached hydrogen (secondary N) is 1. The van der Waals surface area contributed by atoms with Gasteiger partial charge in [-0.25, -0.2) is 8.42 Å². The molecule has 0 heterocycles. The van der Waals surface area contributed by atoms with Crippen molar-refractivity contribution in [2.45, 2.75) is 45.8 Å². The number of carbonyl (C=O) groups is 2. The van der Waals surface area contributed by atoms with Gasteiger partial charge in [-0.05, 0) is 56.2 Å². The number of nitrogens with zero attached hydrogens (tertiary/aromatic N) is 2. The van der Waals surface area contributed by atoms with Gasteiger partial charge in [0.15, 0.2) is 0 Å². The van der Waals surface area contributed by atoms with Crippen molar-refractivity contribution in [2.24, 2.45) is 0 Å². The topological polar surface area (TPSA) is 86.8 Å². The Hall–Kier alpha value is -2.00. The lowest BCUT2D eigenvalue weighted by molar-refractivity contribution is -0.139. The SMILES string of the molecule is CC[C@@H](C)NC(=O)[C@@H](C)N(Cc1cccc(Cl)c1)C(=O)CN(c1ccc(Cl)cc1Cl)S(C)(=O)=O. The van der Waals surface area contributed by atoms with Crippen molar-refractivity contribution in [1.82, 2.24) is 10.2 Å². The van der Waals surface area contributed by atoms with Crippen LogP contribution >= 0.6 is 34.8 Å². The summed E-state index contributed by atoms with van der Waals surface area (Å²) in [6.45, 7) is 4.90. The van der Waals surface area contributed by atoms with E-state index in [1.54, 1.807) is 31.2 Å². The molecule has 0 saturated heterocycles. The number of sulfonamides is 1. The predicted molar refractivity (Wildman–Crippen MR) is 138 cm³/mol. The summed E-state index contributed by atoms with van der Waals surface area (Å²) < 4.78 is 26.1. The first-order valence-electron chi connectivity index (χ1n) is 10.6. The van der Waals surface area contributed by atoms with Crippen molar-refractivity contribution in [3.05, 3.63) is 63.1 Å². The van der Waals surface area contributed by atoms with E-state index in [2.05, 4.69) is 5.32 Å². The van der Waals surface area contributed by atoms with Gasteiger partial charge in [0.25, 0.3) is 0 Å². The maximum Gasteiger partial charge on any atom is 0.244 e. The lowest BCUT2D eigenvalue weighted by Crippen LogP contribution is -2.52. The van der Waals surface area contributed by atoms with E-state index in [1.807, 2.05) is 13.8 Å². The summed E-state index contributed by atoms with van der Waals surface area (Å²) >= 11 is 18.3. The van der Waals surface area contributed by atoms with Gasteiger partial charge in [0.05, 0.1) is 17.0 Å². The number of hydrogen-bond donors (Lipinski definition) is 1. The number of halogens is 3. The molecule has 0 unspecified atom stereocenters. The van der Waals surface area contributed by atoms with Crippen LogP contribution in [0.5, 0.6) is 0 Å². The molecule has 2 aromatic rings. The molecule has 0 saturated carbocycles. The van der Waals surface area contributed by atoms with Crippen LogP contribution < -0.4 is 9.62 Å². The quantitative estimate of drug-likeness (QED) is 0.464. The highest BCUT2D eigenvalue weighted by Crippen LogP contribution is 2.30. The number of anilines is 1. The standard InChI is InChI=1S/C23H28Cl3N3O4S/c1-5-15(2)27-23(31)16(3)28(13-17-7-6-8-18(24)11-17)22(30)14-29(34(4,32)33)21-10-9-19(25)12-20(21)26/h6-12,15-16H,5,13-14H2,1-4H3,(H,27,31)/t15-,16-/m1/s1. The van der Waals surface area contributed by atoms with E-state index in [9.17, 15) is 18.0 Å². The number of benzene rings is 2. The number of amides is 2. The molecule has 11 heteroatoms. The minimum Gasteiger partial charge on any atom is -0.352 e. The third-order valence-electron chi connectivity index (χ3n) is 5.27. The summed E-state index contributed by atoms with van der Waals surface area (Å²) in [6.07, 6.45) is 1.70. The largest absolute Gasteiger partial charge is 0.352 e. The van der Waals surface area contributed by atoms with Gasteiger partial charge in [0.1, 0.15) is 12.6 Å². The van der Waals surface area contributed by atoms with Crippen molar-refractivity contribution in [3.8, 4) is 0 Å². The summed E-state index contributed by atoms with van der Waals surface area (Å²) in [5.74, 6) is -0.927. The molecule has 2 atom stereocenters. The molecule has 2 amide bonds. The first-order chi connectivity index (χ1) is 15.8. The van der Waals surface area contributed by atoms with Crippen LogP contribution in [0, 0.1) is 0 Å². The van der Waals surface area contributed by atoms with Gasteiger partial charge in [0, 0.05) is 22.6 Å². The van der Waals surface area contributed by atoms with E-state index >= 15 is 0 Å². The molecule has 1 N–H and O–H groups in total. The molecule has 0 spiro atoms. The number of carbonyl (C=O) groups excluding carboxylic acids is 2. The molecule has 2 aromatic carbocycles. The number of hydrogen-bond acceptors (Lipinski definition) is 4. The van der Waals surface area contributed by atoms with Gasteiger partial charge in [-0.2, -0.15) is 0 Å². The minimum absolute atomic E-state index is 0.0560. The Morgan fingerprint density at radius 2 is 1.68 bits per heavy atom. The van der Waals surface area contributed by atoms with Crippen molar-refractivity contribution in [1.29, 1.82) is 0 Å². The Balaban J connectivity index is 2.42. The van der Waals surface area contributed by atoms with Crippen LogP contribution in [0.2, 0.25) is 15.1 Å². The molecule has 0 aromatic heterocycles. The van der Waals surface area contributed by atoms with Crippen molar-refractivity contribution in [2.75, 3.05) is 17.1 Å². The van der Waals surface area contributed by atoms with E-state index < -0.39 is 28.5 Å². The van der Waals surface area contributed by atoms with Crippen molar-refractivity contribution in [3.63, 3.8) is 0 Å². The fourth-order valence-corrected chi connectivity index (χ4v) is 4.79. The van der Waals surface area contributed by atoms with Crippen molar-refractivity contribution < 1.29 is 18.0 Å². The zero-order valence-electron chi connectivity index (χ0n) is 19.4. The van der Waals surface area contributed by atoms with Crippen LogP contribution in [0.1, 0.15) is 32.8 Å². The number of rotatable bonds is 10. The zero-order valence-corrected chi connectivity index (χ0v) is 22.5. The van der Waals surface area contributed by atoms with E-state index in [0.29, 0.717) is 15.6 Å². The Bertz CT molecular complexity index is 1140. The van der Waals surface area contributed by atoms with Gasteiger partial charge < -0.3 is 10.2 Å². The Morgan fingerprint density at radius 3 is 2.24 bits per heavy atom. The van der Waals surface area contributed by atoms with E-state index in [1.165, 1.54) is 23.1 Å². The molecule has 7 nitrogen and oxygen atoms in total. The van der Waals surface area contributed by atoms with Crippen molar-refractivity contribution >= 4 is 62.3 Å². The van der Waals surface area contributed by atoms with Gasteiger partial charge in [-0.15, -0.1) is 0 Å². The highest BCUT2D eigenvalue weighted by Gasteiger charge is 2.31. The molecule has 0 radical (unpaired) electrons. The molecule has 0 bridgehead atoms. The zero-order chi connectivity index (χ0) is 25.6. The smallest absolute Gasteiger partial charge is 0.244 e. The van der Waals surface area contributed by atoms with E-state index in [0.717, 1.165) is 17.0 Å². The van der Waals surface area contributed by atoms with Crippen LogP contribution in [-0.4, -0.2) is 50.0 Å². The molecule has 0 aliphatic rings. The summed E-state index contributed by atoms with van der Waals surface area (Å²) in [4.78, 5) is 27.7. The van der Waals surface area contributed by atoms with Gasteiger partial charge in [-0.3, -0.25) is 13.9 Å². The van der Waals surface area contributed by atoms with E-state index in [-0.39, 0.29) is 29.2 Å². The maximum atomic E-state index is 13.5. The molecule has 2 rings (SSSR count). The first kappa shape index (κ1) is 28.2. The highest BCUT2D eigenvalue weighted by molar-refractivity contribution is 7.92. The molecule has 0 aliphatic heterocycles. The predicted octanol–water partition coefficient (Wildman–Crippen LogP) is 4.74. The summed E-state index contributed by atoms with van der Waals surface area (Å²) in [7, 11) is -3.89. The van der Waals surface area contributed by atoms with Crippen LogP contribution in [-0.2, 0) is 26.2 Å². The summed E-state index contributed by atoms with van der Waals surface area (Å²) in [5, 5.41) is 3.75. The lowest BCUT2D eigenvalue weighted by atomic mass is 10.1. The molecule has 0 fully saturated rings. The molecule has 0 aliphatic carbocycles. The van der Waals surface area contributed by atoms with Gasteiger partial charge in [0.2, 0.25) is 21.8 Å². The Labute approximate surface area is 216 Å². The first-order valence-corrected chi connectivity index (χ1v) is 13.6. The Morgan fingerprint density at radius 1 is 1.03 bits per heavy atom. The minimum atomic E-state index is -3.89. The monoisotopic (exact) mass is 547 g/mol. The fourth-order valence-electron chi connectivity index (χ4n) is 3.16. The van der Waals surface area contributed by atoms with E-state index in [4.69, 9.17) is 34.8 Å². The van der Waals surface area contributed by atoms with Crippen LogP contribution in [0.15, 0.2) is 42.5 Å². The van der Waals surface area contributed by atoms with Crippen LogP contribution in [0.4, 0.5) is 5.69 Å². The molecule has 186 valence electrons. The second kappa shape index (κ2) is 12.1. The average Bonchev–Trinajstić information content (AvgIpc) is 2.74. The lowest BCUT2D eigenvalue weighted by Gasteiger charge is -2.32. The van der Waals surface area contributed by atoms with Crippen LogP contribution in [0.25, 0.3) is 0 Å². The third-order valence-corrected chi connectivity index (χ3v) is 7.17. The summed E-state index contributed by atoms with van der Waals surface area (Å²) in [6, 6.07) is 10.2. The molecular weight excluding hydrogens is 521 g/mol. The summed E-state index contributed by atoms with van der Waals surface area (Å²) in [5.41, 5.74) is 0.806. The van der Waals surface area contributed by atoms with Gasteiger partial charge in [-0.1, -0.05) is 53.9 Å². The molecular formula is C23H28Cl3N3O4S. The third kappa shape index (κ3) is 7.77. The second-order valence-corrected chi connectivity index (χ2v) is 11.2. The molecule has 34 heavy (non-hydrogen) atoms. The van der Waals surface area contributed by atoms with Crippen LogP contribution in [0.3, 0.4) is 0 Å². The Kier molecular flexibility index (Phi) is 10.1. The van der Waals surface area contributed by atoms with Gasteiger partial charge >= 0.3 is 0 Å².